The van der Waals surface area contributed by atoms with Gasteiger partial charge >= 0.3 is 0 Å². The van der Waals surface area contributed by atoms with E-state index < -0.39 is 0 Å². The van der Waals surface area contributed by atoms with Crippen molar-refractivity contribution in [3.05, 3.63) is 82.9 Å². The van der Waals surface area contributed by atoms with E-state index in [1.54, 1.807) is 0 Å². The second-order valence-corrected chi connectivity index (χ2v) is 6.30. The molecule has 122 valence electrons. The summed E-state index contributed by atoms with van der Waals surface area (Å²) in [5, 5.41) is 6.18. The zero-order valence-electron chi connectivity index (χ0n) is 13.5. The molecule has 0 spiro atoms. The SMILES string of the molecule is O=C(CCc1cccc2ccccc12)NCCc1ccc(Cl)cc1. The first-order chi connectivity index (χ1) is 11.7. The Hall–Kier alpha value is -2.32. The summed E-state index contributed by atoms with van der Waals surface area (Å²) in [5.41, 5.74) is 2.40. The molecule has 0 saturated heterocycles. The summed E-state index contributed by atoms with van der Waals surface area (Å²) >= 11 is 5.87. The fraction of sp³-hybridized carbons (Fsp3) is 0.190. The second-order valence-electron chi connectivity index (χ2n) is 5.86. The van der Waals surface area contributed by atoms with Gasteiger partial charge in [-0.1, -0.05) is 66.2 Å². The Kier molecular flexibility index (Phi) is 5.50. The average molecular weight is 338 g/mol. The molecule has 0 heterocycles. The Morgan fingerprint density at radius 1 is 0.875 bits per heavy atom. The Morgan fingerprint density at radius 2 is 1.62 bits per heavy atom. The fourth-order valence-electron chi connectivity index (χ4n) is 2.84. The summed E-state index contributed by atoms with van der Waals surface area (Å²) in [5.74, 6) is 0.0943. The lowest BCUT2D eigenvalue weighted by atomic mass is 10.0. The van der Waals surface area contributed by atoms with E-state index in [2.05, 4.69) is 35.6 Å². The van der Waals surface area contributed by atoms with Crippen LogP contribution in [0.5, 0.6) is 0 Å². The highest BCUT2D eigenvalue weighted by Gasteiger charge is 2.05. The molecule has 3 aromatic carbocycles. The number of hydrogen-bond acceptors (Lipinski definition) is 1. The number of fused-ring (bicyclic) bond motifs is 1. The molecule has 0 saturated carbocycles. The minimum absolute atomic E-state index is 0.0943. The van der Waals surface area contributed by atoms with Crippen LogP contribution in [-0.2, 0) is 17.6 Å². The van der Waals surface area contributed by atoms with Crippen molar-refractivity contribution in [3.63, 3.8) is 0 Å². The van der Waals surface area contributed by atoms with Gasteiger partial charge in [0, 0.05) is 18.0 Å². The van der Waals surface area contributed by atoms with Crippen molar-refractivity contribution >= 4 is 28.3 Å². The Bertz CT molecular complexity index is 821. The van der Waals surface area contributed by atoms with Crippen molar-refractivity contribution in [2.24, 2.45) is 0 Å². The normalized spacial score (nSPS) is 10.7. The minimum Gasteiger partial charge on any atom is -0.356 e. The number of halogens is 1. The standard InChI is InChI=1S/C21H20ClNO/c22-19-11-8-16(9-12-19)14-15-23-21(24)13-10-18-6-3-5-17-4-1-2-7-20(17)18/h1-9,11-12H,10,13-15H2,(H,23,24). The topological polar surface area (TPSA) is 29.1 Å². The monoisotopic (exact) mass is 337 g/mol. The molecule has 3 heteroatoms. The largest absolute Gasteiger partial charge is 0.356 e. The third kappa shape index (κ3) is 4.36. The Labute approximate surface area is 147 Å². The van der Waals surface area contributed by atoms with Crippen LogP contribution in [-0.4, -0.2) is 12.5 Å². The van der Waals surface area contributed by atoms with Crippen LogP contribution in [0.15, 0.2) is 66.7 Å². The second kappa shape index (κ2) is 7.98. The first kappa shape index (κ1) is 16.5. The third-order valence-corrected chi connectivity index (χ3v) is 4.40. The van der Waals surface area contributed by atoms with Gasteiger partial charge in [-0.05, 0) is 46.9 Å². The molecular formula is C21H20ClNO. The minimum atomic E-state index is 0.0943. The summed E-state index contributed by atoms with van der Waals surface area (Å²) in [6.45, 7) is 0.649. The van der Waals surface area contributed by atoms with E-state index in [0.29, 0.717) is 13.0 Å². The lowest BCUT2D eigenvalue weighted by Crippen LogP contribution is -2.25. The van der Waals surface area contributed by atoms with Crippen molar-refractivity contribution in [2.75, 3.05) is 6.54 Å². The van der Waals surface area contributed by atoms with Gasteiger partial charge < -0.3 is 5.32 Å². The van der Waals surface area contributed by atoms with E-state index >= 15 is 0 Å². The molecule has 3 rings (SSSR count). The Morgan fingerprint density at radius 3 is 2.46 bits per heavy atom. The van der Waals surface area contributed by atoms with Crippen molar-refractivity contribution in [3.8, 4) is 0 Å². The van der Waals surface area contributed by atoms with E-state index in [1.807, 2.05) is 36.4 Å². The van der Waals surface area contributed by atoms with Gasteiger partial charge in [0.15, 0.2) is 0 Å². The zero-order chi connectivity index (χ0) is 16.8. The molecule has 0 aliphatic carbocycles. The van der Waals surface area contributed by atoms with Crippen LogP contribution in [0.2, 0.25) is 5.02 Å². The molecule has 0 bridgehead atoms. The lowest BCUT2D eigenvalue weighted by Gasteiger charge is -2.08. The highest BCUT2D eigenvalue weighted by Crippen LogP contribution is 2.19. The molecule has 0 unspecified atom stereocenters. The predicted molar refractivity (Wildman–Crippen MR) is 100 cm³/mol. The van der Waals surface area contributed by atoms with Gasteiger partial charge in [-0.3, -0.25) is 4.79 Å². The zero-order valence-corrected chi connectivity index (χ0v) is 14.2. The summed E-state index contributed by atoms with van der Waals surface area (Å²) in [7, 11) is 0. The molecule has 0 aliphatic rings. The lowest BCUT2D eigenvalue weighted by molar-refractivity contribution is -0.121. The van der Waals surface area contributed by atoms with Crippen molar-refractivity contribution in [2.45, 2.75) is 19.3 Å². The predicted octanol–water partition coefficient (Wildman–Crippen LogP) is 4.78. The summed E-state index contributed by atoms with van der Waals surface area (Å²) in [6, 6.07) is 22.3. The third-order valence-electron chi connectivity index (χ3n) is 4.15. The quantitative estimate of drug-likeness (QED) is 0.688. The molecular weight excluding hydrogens is 318 g/mol. The molecule has 0 radical (unpaired) electrons. The average Bonchev–Trinajstić information content (AvgIpc) is 2.61. The number of hydrogen-bond donors (Lipinski definition) is 1. The van der Waals surface area contributed by atoms with E-state index in [9.17, 15) is 4.79 Å². The van der Waals surface area contributed by atoms with Gasteiger partial charge in [0.1, 0.15) is 0 Å². The molecule has 2 nitrogen and oxygen atoms in total. The molecule has 0 fully saturated rings. The van der Waals surface area contributed by atoms with Crippen LogP contribution >= 0.6 is 11.6 Å². The highest BCUT2D eigenvalue weighted by molar-refractivity contribution is 6.30. The molecule has 0 atom stereocenters. The molecule has 1 amide bonds. The number of rotatable bonds is 6. The summed E-state index contributed by atoms with van der Waals surface area (Å²) in [6.07, 6.45) is 2.08. The molecule has 0 aliphatic heterocycles. The van der Waals surface area contributed by atoms with Gasteiger partial charge in [0.25, 0.3) is 0 Å². The number of benzene rings is 3. The fourth-order valence-corrected chi connectivity index (χ4v) is 2.97. The van der Waals surface area contributed by atoms with Crippen LogP contribution in [0, 0.1) is 0 Å². The van der Waals surface area contributed by atoms with E-state index in [4.69, 9.17) is 11.6 Å². The van der Waals surface area contributed by atoms with Gasteiger partial charge in [-0.25, -0.2) is 0 Å². The molecule has 24 heavy (non-hydrogen) atoms. The summed E-state index contributed by atoms with van der Waals surface area (Å²) < 4.78 is 0. The number of carbonyl (C=O) groups excluding carboxylic acids is 1. The molecule has 3 aromatic rings. The maximum absolute atomic E-state index is 12.1. The number of aryl methyl sites for hydroxylation is 1. The van der Waals surface area contributed by atoms with Gasteiger partial charge in [-0.15, -0.1) is 0 Å². The first-order valence-electron chi connectivity index (χ1n) is 8.20. The number of amides is 1. The van der Waals surface area contributed by atoms with E-state index in [0.717, 1.165) is 17.9 Å². The van der Waals surface area contributed by atoms with Crippen LogP contribution in [0.3, 0.4) is 0 Å². The van der Waals surface area contributed by atoms with Crippen LogP contribution < -0.4 is 5.32 Å². The molecule has 1 N–H and O–H groups in total. The maximum atomic E-state index is 12.1. The number of carbonyl (C=O) groups is 1. The van der Waals surface area contributed by atoms with Crippen molar-refractivity contribution in [1.82, 2.24) is 5.32 Å². The Balaban J connectivity index is 1.49. The van der Waals surface area contributed by atoms with Crippen LogP contribution in [0.4, 0.5) is 0 Å². The smallest absolute Gasteiger partial charge is 0.220 e. The highest BCUT2D eigenvalue weighted by atomic mass is 35.5. The van der Waals surface area contributed by atoms with Gasteiger partial charge in [0.2, 0.25) is 5.91 Å². The van der Waals surface area contributed by atoms with Gasteiger partial charge in [-0.2, -0.15) is 0 Å². The van der Waals surface area contributed by atoms with E-state index in [-0.39, 0.29) is 5.91 Å². The number of nitrogens with one attached hydrogen (secondary N) is 1. The first-order valence-corrected chi connectivity index (χ1v) is 8.58. The van der Waals surface area contributed by atoms with Crippen LogP contribution in [0.1, 0.15) is 17.5 Å². The summed E-state index contributed by atoms with van der Waals surface area (Å²) in [4.78, 5) is 12.1. The van der Waals surface area contributed by atoms with Crippen molar-refractivity contribution in [1.29, 1.82) is 0 Å². The maximum Gasteiger partial charge on any atom is 0.220 e. The van der Waals surface area contributed by atoms with Crippen molar-refractivity contribution < 1.29 is 4.79 Å². The molecule has 0 aromatic heterocycles. The van der Waals surface area contributed by atoms with Crippen LogP contribution in [0.25, 0.3) is 10.8 Å². The van der Waals surface area contributed by atoms with Gasteiger partial charge in [0.05, 0.1) is 0 Å². The van der Waals surface area contributed by atoms with E-state index in [1.165, 1.54) is 21.9 Å².